The summed E-state index contributed by atoms with van der Waals surface area (Å²) in [5.74, 6) is -1.15. The molecule has 1 N–H and O–H groups in total. The van der Waals surface area contributed by atoms with Crippen LogP contribution in [0.15, 0.2) is 29.2 Å². The molecule has 0 bridgehead atoms. The van der Waals surface area contributed by atoms with E-state index in [0.717, 1.165) is 11.3 Å². The number of hydrogen-bond donors (Lipinski definition) is 1. The summed E-state index contributed by atoms with van der Waals surface area (Å²) in [4.78, 5) is 29.7. The predicted molar refractivity (Wildman–Crippen MR) is 111 cm³/mol. The van der Waals surface area contributed by atoms with E-state index in [0.29, 0.717) is 23.6 Å². The fourth-order valence-corrected chi connectivity index (χ4v) is 6.50. The summed E-state index contributed by atoms with van der Waals surface area (Å²) >= 11 is 6.84. The van der Waals surface area contributed by atoms with Crippen LogP contribution in [0.5, 0.6) is 0 Å². The van der Waals surface area contributed by atoms with Crippen molar-refractivity contribution in [2.45, 2.75) is 49.2 Å². The van der Waals surface area contributed by atoms with E-state index in [1.165, 1.54) is 24.3 Å². The van der Waals surface area contributed by atoms with Crippen LogP contribution >= 0.6 is 22.9 Å². The summed E-state index contributed by atoms with van der Waals surface area (Å²) in [6.45, 7) is 3.55. The predicted octanol–water partition coefficient (Wildman–Crippen LogP) is 4.01. The molecule has 0 radical (unpaired) electrons. The number of hydrogen-bond acceptors (Lipinski definition) is 7. The van der Waals surface area contributed by atoms with Gasteiger partial charge in [-0.25, -0.2) is 18.2 Å². The SMILES string of the molecule is CCOC(=O)c1sc(NC(=O)C2(S(=O)(=O)c3ccc(Cl)cc3)CCCC2)nc1C. The molecule has 1 saturated carbocycles. The first kappa shape index (κ1) is 21.7. The maximum atomic E-state index is 13.4. The minimum Gasteiger partial charge on any atom is -0.462 e. The van der Waals surface area contributed by atoms with Crippen LogP contribution in [0.4, 0.5) is 5.13 Å². The Morgan fingerprint density at radius 1 is 1.24 bits per heavy atom. The molecule has 1 amide bonds. The van der Waals surface area contributed by atoms with Gasteiger partial charge in [0.15, 0.2) is 19.7 Å². The molecule has 10 heteroatoms. The molecule has 0 atom stereocenters. The number of aromatic nitrogens is 1. The Kier molecular flexibility index (Phi) is 6.30. The number of halogens is 1. The summed E-state index contributed by atoms with van der Waals surface area (Å²) in [5.41, 5.74) is 0.421. The van der Waals surface area contributed by atoms with Gasteiger partial charge in [-0.15, -0.1) is 0 Å². The minimum absolute atomic E-state index is 0.0569. The summed E-state index contributed by atoms with van der Waals surface area (Å²) in [6, 6.07) is 5.81. The first-order valence-corrected chi connectivity index (χ1v) is 11.9. The number of aryl methyl sites for hydroxylation is 1. The highest BCUT2D eigenvalue weighted by Gasteiger charge is 2.53. The highest BCUT2D eigenvalue weighted by Crippen LogP contribution is 2.42. The molecule has 0 aliphatic heterocycles. The summed E-state index contributed by atoms with van der Waals surface area (Å²) < 4.78 is 30.1. The average Bonchev–Trinajstić information content (AvgIpc) is 3.30. The normalized spacial score (nSPS) is 15.8. The topological polar surface area (TPSA) is 102 Å². The molecule has 0 saturated heterocycles. The Hall–Kier alpha value is -1.97. The first-order valence-electron chi connectivity index (χ1n) is 9.17. The van der Waals surface area contributed by atoms with Gasteiger partial charge in [-0.3, -0.25) is 4.79 Å². The molecular formula is C19H21ClN2O5S2. The van der Waals surface area contributed by atoms with Crippen LogP contribution in [0.2, 0.25) is 5.02 Å². The van der Waals surface area contributed by atoms with Gasteiger partial charge in [-0.1, -0.05) is 35.8 Å². The van der Waals surface area contributed by atoms with Crippen LogP contribution in [-0.4, -0.2) is 36.6 Å². The number of rotatable bonds is 6. The van der Waals surface area contributed by atoms with Gasteiger partial charge in [0.1, 0.15) is 4.88 Å². The van der Waals surface area contributed by atoms with Gasteiger partial charge in [0.05, 0.1) is 17.2 Å². The van der Waals surface area contributed by atoms with Crippen molar-refractivity contribution in [3.8, 4) is 0 Å². The summed E-state index contributed by atoms with van der Waals surface area (Å²) in [5, 5.41) is 3.22. The summed E-state index contributed by atoms with van der Waals surface area (Å²) in [6.07, 6.45) is 1.70. The second-order valence-corrected chi connectivity index (χ2v) is 10.5. The number of carbonyl (C=O) groups excluding carboxylic acids is 2. The molecule has 0 unspecified atom stereocenters. The van der Waals surface area contributed by atoms with Crippen molar-refractivity contribution in [3.63, 3.8) is 0 Å². The van der Waals surface area contributed by atoms with E-state index >= 15 is 0 Å². The largest absolute Gasteiger partial charge is 0.462 e. The number of benzene rings is 1. The molecule has 3 rings (SSSR count). The number of nitrogens with one attached hydrogen (secondary N) is 1. The first-order chi connectivity index (χ1) is 13.7. The van der Waals surface area contributed by atoms with Crippen LogP contribution in [0.25, 0.3) is 0 Å². The van der Waals surface area contributed by atoms with Gasteiger partial charge in [-0.05, 0) is 51.0 Å². The number of esters is 1. The monoisotopic (exact) mass is 456 g/mol. The lowest BCUT2D eigenvalue weighted by Crippen LogP contribution is -2.47. The van der Waals surface area contributed by atoms with Gasteiger partial charge in [0, 0.05) is 5.02 Å². The van der Waals surface area contributed by atoms with Crippen molar-refractivity contribution in [1.29, 1.82) is 0 Å². The Morgan fingerprint density at radius 2 is 1.86 bits per heavy atom. The standard InChI is InChI=1S/C19H21ClN2O5S2/c1-3-27-16(23)15-12(2)21-18(28-15)22-17(24)19(10-4-5-11-19)29(25,26)14-8-6-13(20)7-9-14/h6-9H,3-5,10-11H2,1-2H3,(H,21,22,24). The maximum Gasteiger partial charge on any atom is 0.350 e. The molecule has 1 fully saturated rings. The average molecular weight is 457 g/mol. The van der Waals surface area contributed by atoms with E-state index in [1.807, 2.05) is 0 Å². The molecule has 2 aromatic rings. The van der Waals surface area contributed by atoms with Crippen molar-refractivity contribution < 1.29 is 22.7 Å². The third-order valence-corrected chi connectivity index (χ3v) is 8.76. The fraction of sp³-hybridized carbons (Fsp3) is 0.421. The molecule has 0 spiro atoms. The number of thiazole rings is 1. The van der Waals surface area contributed by atoms with Gasteiger partial charge in [0.25, 0.3) is 0 Å². The van der Waals surface area contributed by atoms with Crippen LogP contribution in [0.3, 0.4) is 0 Å². The van der Waals surface area contributed by atoms with Crippen molar-refractivity contribution in [2.75, 3.05) is 11.9 Å². The Bertz CT molecular complexity index is 1030. The smallest absolute Gasteiger partial charge is 0.350 e. The third kappa shape index (κ3) is 4.04. The Labute approximate surface area is 178 Å². The molecule has 7 nitrogen and oxygen atoms in total. The molecular weight excluding hydrogens is 436 g/mol. The molecule has 1 aromatic heterocycles. The van der Waals surface area contributed by atoms with E-state index in [2.05, 4.69) is 10.3 Å². The van der Waals surface area contributed by atoms with Gasteiger partial charge >= 0.3 is 5.97 Å². The molecule has 29 heavy (non-hydrogen) atoms. The number of anilines is 1. The zero-order valence-electron chi connectivity index (χ0n) is 16.0. The number of amides is 1. The fourth-order valence-electron chi connectivity index (χ4n) is 3.45. The van der Waals surface area contributed by atoms with Crippen LogP contribution in [0.1, 0.15) is 48.0 Å². The van der Waals surface area contributed by atoms with E-state index in [4.69, 9.17) is 16.3 Å². The Morgan fingerprint density at radius 3 is 2.45 bits per heavy atom. The van der Waals surface area contributed by atoms with Gasteiger partial charge in [-0.2, -0.15) is 0 Å². The Balaban J connectivity index is 1.92. The van der Waals surface area contributed by atoms with Crippen LogP contribution in [0, 0.1) is 6.92 Å². The lowest BCUT2D eigenvalue weighted by molar-refractivity contribution is -0.118. The number of sulfone groups is 1. The zero-order chi connectivity index (χ0) is 21.2. The van der Waals surface area contributed by atoms with E-state index in [-0.39, 0.29) is 34.4 Å². The van der Waals surface area contributed by atoms with Crippen molar-refractivity contribution in [2.24, 2.45) is 0 Å². The highest BCUT2D eigenvalue weighted by atomic mass is 35.5. The maximum absolute atomic E-state index is 13.4. The van der Waals surface area contributed by atoms with Crippen LogP contribution < -0.4 is 5.32 Å². The quantitative estimate of drug-likeness (QED) is 0.659. The van der Waals surface area contributed by atoms with E-state index in [1.54, 1.807) is 13.8 Å². The van der Waals surface area contributed by atoms with E-state index in [9.17, 15) is 18.0 Å². The molecule has 156 valence electrons. The minimum atomic E-state index is -3.95. The molecule has 1 heterocycles. The highest BCUT2D eigenvalue weighted by molar-refractivity contribution is 7.93. The second-order valence-electron chi connectivity index (χ2n) is 6.77. The van der Waals surface area contributed by atoms with E-state index < -0.39 is 26.5 Å². The number of nitrogens with zero attached hydrogens (tertiary/aromatic N) is 1. The van der Waals surface area contributed by atoms with Crippen LogP contribution in [-0.2, 0) is 19.4 Å². The van der Waals surface area contributed by atoms with Crippen molar-refractivity contribution in [1.82, 2.24) is 4.98 Å². The number of carbonyl (C=O) groups is 2. The number of ether oxygens (including phenoxy) is 1. The zero-order valence-corrected chi connectivity index (χ0v) is 18.4. The lowest BCUT2D eigenvalue weighted by Gasteiger charge is -2.27. The van der Waals surface area contributed by atoms with Crippen molar-refractivity contribution in [3.05, 3.63) is 39.9 Å². The third-order valence-electron chi connectivity index (χ3n) is 4.94. The second kappa shape index (κ2) is 8.41. The molecule has 1 aliphatic rings. The van der Waals surface area contributed by atoms with Gasteiger partial charge < -0.3 is 10.1 Å². The van der Waals surface area contributed by atoms with Crippen molar-refractivity contribution >= 4 is 49.8 Å². The molecule has 1 aliphatic carbocycles. The lowest BCUT2D eigenvalue weighted by atomic mass is 10.1. The summed E-state index contributed by atoms with van der Waals surface area (Å²) in [7, 11) is -3.95. The molecule has 1 aromatic carbocycles. The van der Waals surface area contributed by atoms with Gasteiger partial charge in [0.2, 0.25) is 5.91 Å².